The van der Waals surface area contributed by atoms with Crippen LogP contribution in [0.1, 0.15) is 22.8 Å². The van der Waals surface area contributed by atoms with Crippen LogP contribution in [0.5, 0.6) is 0 Å². The van der Waals surface area contributed by atoms with E-state index in [1.165, 1.54) is 47.4 Å². The maximum Gasteiger partial charge on any atom is 0.272 e. The molecule has 3 N–H and O–H groups in total. The summed E-state index contributed by atoms with van der Waals surface area (Å²) in [6.07, 6.45) is 1.19. The Kier molecular flexibility index (Phi) is 11.0. The number of hydrogen-bond acceptors (Lipinski definition) is 6. The minimum atomic E-state index is -0.693. The third-order valence-electron chi connectivity index (χ3n) is 6.47. The molecule has 1 heterocycles. The Balaban J connectivity index is 1.27. The van der Waals surface area contributed by atoms with Crippen LogP contribution in [0.25, 0.3) is 17.3 Å². The molecule has 7 nitrogen and oxygen atoms in total. The first-order valence-corrected chi connectivity index (χ1v) is 16.7. The first-order chi connectivity index (χ1) is 22.2. The van der Waals surface area contributed by atoms with Crippen molar-refractivity contribution in [1.29, 1.82) is 0 Å². The molecule has 0 spiro atoms. The van der Waals surface area contributed by atoms with Gasteiger partial charge in [0.2, 0.25) is 5.91 Å². The number of rotatable bonds is 10. The number of hydrogen-bond donors (Lipinski definition) is 3. The van der Waals surface area contributed by atoms with Crippen LogP contribution in [0.3, 0.4) is 0 Å². The van der Waals surface area contributed by atoms with Gasteiger partial charge in [0.05, 0.1) is 16.0 Å². The molecule has 3 amide bonds. The molecule has 46 heavy (non-hydrogen) atoms. The van der Waals surface area contributed by atoms with Crippen LogP contribution in [-0.2, 0) is 9.59 Å². The predicted molar refractivity (Wildman–Crippen MR) is 188 cm³/mol. The summed E-state index contributed by atoms with van der Waals surface area (Å²) in [5, 5.41) is 10.2. The summed E-state index contributed by atoms with van der Waals surface area (Å²) in [6.45, 7) is 1.77. The molecule has 0 bridgehead atoms. The number of thiazole rings is 1. The SMILES string of the molecule is CC(Sc1cccc(NC(=O)/C(=C\c2c(F)cccc2Cl)NC(=O)c2ccccc2)c1)C(=O)Nc1nc(-c2ccc(Br)cc2)cs1. The smallest absolute Gasteiger partial charge is 0.272 e. The molecule has 0 aliphatic heterocycles. The number of carbonyl (C=O) groups is 3. The molecule has 0 aliphatic rings. The molecule has 1 aromatic heterocycles. The molecule has 5 aromatic rings. The summed E-state index contributed by atoms with van der Waals surface area (Å²) in [5.41, 5.74) is 2.17. The van der Waals surface area contributed by atoms with Crippen molar-refractivity contribution in [2.75, 3.05) is 10.6 Å². The van der Waals surface area contributed by atoms with Crippen molar-refractivity contribution in [3.63, 3.8) is 0 Å². The van der Waals surface area contributed by atoms with Crippen molar-refractivity contribution in [2.24, 2.45) is 0 Å². The summed E-state index contributed by atoms with van der Waals surface area (Å²) in [5.74, 6) is -2.13. The summed E-state index contributed by atoms with van der Waals surface area (Å²) in [7, 11) is 0. The zero-order valence-corrected chi connectivity index (χ0v) is 28.1. The Bertz CT molecular complexity index is 1900. The van der Waals surface area contributed by atoms with Gasteiger partial charge in [-0.25, -0.2) is 9.37 Å². The minimum Gasteiger partial charge on any atom is -0.321 e. The number of nitrogens with zero attached hydrogens (tertiary/aromatic N) is 1. The minimum absolute atomic E-state index is 0.0454. The largest absolute Gasteiger partial charge is 0.321 e. The van der Waals surface area contributed by atoms with E-state index in [0.717, 1.165) is 15.7 Å². The van der Waals surface area contributed by atoms with Crippen LogP contribution >= 0.6 is 50.6 Å². The topological polar surface area (TPSA) is 100 Å². The van der Waals surface area contributed by atoms with E-state index in [0.29, 0.717) is 21.3 Å². The van der Waals surface area contributed by atoms with Crippen molar-refractivity contribution >= 4 is 85.2 Å². The first kappa shape index (κ1) is 33.1. The van der Waals surface area contributed by atoms with Gasteiger partial charge in [-0.05, 0) is 67.6 Å². The fourth-order valence-electron chi connectivity index (χ4n) is 4.13. The fraction of sp³-hybridized carbons (Fsp3) is 0.0588. The predicted octanol–water partition coefficient (Wildman–Crippen LogP) is 8.89. The lowest BCUT2D eigenvalue weighted by atomic mass is 10.1. The molecule has 12 heteroatoms. The van der Waals surface area contributed by atoms with Gasteiger partial charge in [-0.15, -0.1) is 23.1 Å². The second-order valence-electron chi connectivity index (χ2n) is 9.79. The van der Waals surface area contributed by atoms with E-state index in [9.17, 15) is 18.8 Å². The molecule has 0 saturated heterocycles. The van der Waals surface area contributed by atoms with Crippen LogP contribution < -0.4 is 16.0 Å². The van der Waals surface area contributed by atoms with Gasteiger partial charge in [-0.3, -0.25) is 14.4 Å². The zero-order valence-electron chi connectivity index (χ0n) is 24.1. The van der Waals surface area contributed by atoms with Crippen molar-refractivity contribution in [2.45, 2.75) is 17.1 Å². The van der Waals surface area contributed by atoms with Gasteiger partial charge in [-0.2, -0.15) is 0 Å². The van der Waals surface area contributed by atoms with E-state index < -0.39 is 22.9 Å². The van der Waals surface area contributed by atoms with E-state index in [1.807, 2.05) is 35.7 Å². The van der Waals surface area contributed by atoms with E-state index >= 15 is 0 Å². The summed E-state index contributed by atoms with van der Waals surface area (Å²) >= 11 is 12.3. The van der Waals surface area contributed by atoms with Gasteiger partial charge in [0.15, 0.2) is 5.13 Å². The van der Waals surface area contributed by atoms with Crippen LogP contribution in [0.4, 0.5) is 15.2 Å². The van der Waals surface area contributed by atoms with E-state index in [2.05, 4.69) is 36.9 Å². The number of anilines is 2. The molecule has 0 fully saturated rings. The highest BCUT2D eigenvalue weighted by Crippen LogP contribution is 2.30. The lowest BCUT2D eigenvalue weighted by Gasteiger charge is -2.14. The zero-order chi connectivity index (χ0) is 32.6. The molecule has 1 unspecified atom stereocenters. The lowest BCUT2D eigenvalue weighted by Crippen LogP contribution is -2.30. The fourth-order valence-corrected chi connectivity index (χ4v) is 6.26. The average molecular weight is 736 g/mol. The first-order valence-electron chi connectivity index (χ1n) is 13.8. The quantitative estimate of drug-likeness (QED) is 0.0983. The second-order valence-corrected chi connectivity index (χ2v) is 13.4. The number of carbonyl (C=O) groups excluding carboxylic acids is 3. The highest BCUT2D eigenvalue weighted by molar-refractivity contribution is 9.10. The molecule has 0 saturated carbocycles. The molecular formula is C34H25BrClFN4O3S2. The summed E-state index contributed by atoms with van der Waals surface area (Å²) in [4.78, 5) is 44.6. The van der Waals surface area contributed by atoms with Gasteiger partial charge in [0, 0.05) is 37.1 Å². The van der Waals surface area contributed by atoms with Gasteiger partial charge >= 0.3 is 0 Å². The van der Waals surface area contributed by atoms with E-state index in [4.69, 9.17) is 11.6 Å². The van der Waals surface area contributed by atoms with Crippen LogP contribution in [-0.4, -0.2) is 28.0 Å². The van der Waals surface area contributed by atoms with Crippen molar-refractivity contribution < 1.29 is 18.8 Å². The Morgan fingerprint density at radius 1 is 0.957 bits per heavy atom. The lowest BCUT2D eigenvalue weighted by molar-refractivity contribution is -0.115. The highest BCUT2D eigenvalue weighted by Gasteiger charge is 2.19. The number of aromatic nitrogens is 1. The van der Waals surface area contributed by atoms with Gasteiger partial charge in [-0.1, -0.05) is 70.0 Å². The van der Waals surface area contributed by atoms with Crippen LogP contribution in [0.2, 0.25) is 5.02 Å². The number of thioether (sulfide) groups is 1. The highest BCUT2D eigenvalue weighted by atomic mass is 79.9. The number of amides is 3. The maximum atomic E-state index is 14.6. The van der Waals surface area contributed by atoms with Gasteiger partial charge in [0.1, 0.15) is 11.5 Å². The second kappa shape index (κ2) is 15.3. The number of halogens is 3. The normalized spacial score (nSPS) is 11.9. The molecule has 4 aromatic carbocycles. The van der Waals surface area contributed by atoms with Crippen molar-refractivity contribution in [1.82, 2.24) is 10.3 Å². The van der Waals surface area contributed by atoms with Gasteiger partial charge < -0.3 is 16.0 Å². The summed E-state index contributed by atoms with van der Waals surface area (Å²) < 4.78 is 15.6. The van der Waals surface area contributed by atoms with Crippen LogP contribution in [0, 0.1) is 5.82 Å². The van der Waals surface area contributed by atoms with E-state index in [1.54, 1.807) is 55.5 Å². The van der Waals surface area contributed by atoms with Crippen LogP contribution in [0.15, 0.2) is 118 Å². The molecule has 5 rings (SSSR count). The Morgan fingerprint density at radius 3 is 2.43 bits per heavy atom. The van der Waals surface area contributed by atoms with E-state index in [-0.39, 0.29) is 22.2 Å². The van der Waals surface area contributed by atoms with Gasteiger partial charge in [0.25, 0.3) is 11.8 Å². The molecule has 0 aliphatic carbocycles. The molecular weight excluding hydrogens is 711 g/mol. The maximum absolute atomic E-state index is 14.6. The van der Waals surface area contributed by atoms with Crippen molar-refractivity contribution in [3.05, 3.63) is 135 Å². The number of nitrogens with one attached hydrogen (secondary N) is 3. The van der Waals surface area contributed by atoms with Crippen molar-refractivity contribution in [3.8, 4) is 11.3 Å². The Labute approximate surface area is 286 Å². The standard InChI is InChI=1S/C34H25BrClFN4O3S2/c1-20(31(42)41-34-40-30(19-45-34)21-13-15-23(35)16-14-21)46-25-10-5-9-24(17-25)38-33(44)29(18-26-27(36)11-6-12-28(26)37)39-32(43)22-7-3-2-4-8-22/h2-20H,1H3,(H,38,44)(H,39,43)(H,40,41,42)/b29-18+. The monoisotopic (exact) mass is 734 g/mol. The Morgan fingerprint density at radius 2 is 1.70 bits per heavy atom. The molecule has 232 valence electrons. The summed E-state index contributed by atoms with van der Waals surface area (Å²) in [6, 6.07) is 27.1. The Hall–Kier alpha value is -4.29. The molecule has 1 atom stereocenters. The third-order valence-corrected chi connectivity index (χ3v) is 9.18. The third kappa shape index (κ3) is 8.70. The number of benzene rings is 4. The average Bonchev–Trinajstić information content (AvgIpc) is 3.51. The molecule has 0 radical (unpaired) electrons.